The molecule has 1 aromatic heterocycles. The van der Waals surface area contributed by atoms with Gasteiger partial charge in [0.15, 0.2) is 0 Å². The van der Waals surface area contributed by atoms with Crippen LogP contribution in [0.5, 0.6) is 5.75 Å². The van der Waals surface area contributed by atoms with E-state index < -0.39 is 5.76 Å². The average Bonchev–Trinajstić information content (AvgIpc) is 3.02. The SMILES string of the molecule is COc1ccc(C)cc1[C@H](C)NC(=O)Cn1nc(-c2ccccc2)oc1=O. The second kappa shape index (κ2) is 7.90. The van der Waals surface area contributed by atoms with Crippen molar-refractivity contribution in [3.63, 3.8) is 0 Å². The van der Waals surface area contributed by atoms with E-state index >= 15 is 0 Å². The number of nitrogens with one attached hydrogen (secondary N) is 1. The number of carbonyl (C=O) groups excluding carboxylic acids is 1. The number of ether oxygens (including phenoxy) is 1. The van der Waals surface area contributed by atoms with E-state index in [0.717, 1.165) is 15.8 Å². The fourth-order valence-corrected chi connectivity index (χ4v) is 2.80. The van der Waals surface area contributed by atoms with E-state index in [4.69, 9.17) is 9.15 Å². The second-order valence-corrected chi connectivity index (χ2v) is 6.23. The van der Waals surface area contributed by atoms with E-state index in [0.29, 0.717) is 11.3 Å². The predicted octanol–water partition coefficient (Wildman–Crippen LogP) is 2.70. The van der Waals surface area contributed by atoms with Gasteiger partial charge in [0.1, 0.15) is 12.3 Å². The van der Waals surface area contributed by atoms with Gasteiger partial charge in [0, 0.05) is 11.1 Å². The molecule has 3 rings (SSSR count). The lowest BCUT2D eigenvalue weighted by Crippen LogP contribution is -2.33. The lowest BCUT2D eigenvalue weighted by molar-refractivity contribution is -0.122. The van der Waals surface area contributed by atoms with Crippen LogP contribution >= 0.6 is 0 Å². The fourth-order valence-electron chi connectivity index (χ4n) is 2.80. The van der Waals surface area contributed by atoms with E-state index in [1.165, 1.54) is 0 Å². The molecule has 0 radical (unpaired) electrons. The number of amides is 1. The van der Waals surface area contributed by atoms with E-state index in [-0.39, 0.29) is 24.4 Å². The van der Waals surface area contributed by atoms with Crippen molar-refractivity contribution in [1.82, 2.24) is 15.1 Å². The van der Waals surface area contributed by atoms with Crippen LogP contribution in [0.15, 0.2) is 57.7 Å². The van der Waals surface area contributed by atoms with Gasteiger partial charge >= 0.3 is 5.76 Å². The van der Waals surface area contributed by atoms with E-state index in [1.54, 1.807) is 19.2 Å². The monoisotopic (exact) mass is 367 g/mol. The summed E-state index contributed by atoms with van der Waals surface area (Å²) in [6, 6.07) is 14.5. The van der Waals surface area contributed by atoms with Gasteiger partial charge in [-0.2, -0.15) is 4.68 Å². The Kier molecular flexibility index (Phi) is 5.40. The van der Waals surface area contributed by atoms with Crippen molar-refractivity contribution in [3.8, 4) is 17.2 Å². The molecule has 7 heteroatoms. The third-order valence-electron chi connectivity index (χ3n) is 4.15. The molecule has 0 fully saturated rings. The molecule has 0 spiro atoms. The van der Waals surface area contributed by atoms with E-state index in [9.17, 15) is 9.59 Å². The Hall–Kier alpha value is -3.35. The molecule has 0 saturated carbocycles. The van der Waals surface area contributed by atoms with Gasteiger partial charge in [0.2, 0.25) is 11.8 Å². The van der Waals surface area contributed by atoms with Gasteiger partial charge in [-0.3, -0.25) is 4.79 Å². The first-order chi connectivity index (χ1) is 13.0. The first-order valence-electron chi connectivity index (χ1n) is 8.55. The first-order valence-corrected chi connectivity index (χ1v) is 8.55. The molecule has 1 N–H and O–H groups in total. The van der Waals surface area contributed by atoms with Crippen molar-refractivity contribution in [2.75, 3.05) is 7.11 Å². The molecule has 0 bridgehead atoms. The molecule has 1 atom stereocenters. The van der Waals surface area contributed by atoms with Crippen molar-refractivity contribution >= 4 is 5.91 Å². The summed E-state index contributed by atoms with van der Waals surface area (Å²) in [5.41, 5.74) is 2.60. The van der Waals surface area contributed by atoms with Crippen LogP contribution in [0.4, 0.5) is 0 Å². The number of nitrogens with zero attached hydrogens (tertiary/aromatic N) is 2. The molecule has 0 aliphatic heterocycles. The minimum atomic E-state index is -0.676. The van der Waals surface area contributed by atoms with Crippen molar-refractivity contribution in [1.29, 1.82) is 0 Å². The summed E-state index contributed by atoms with van der Waals surface area (Å²) in [6.45, 7) is 3.60. The first kappa shape index (κ1) is 18.4. The quantitative estimate of drug-likeness (QED) is 0.724. The van der Waals surface area contributed by atoms with Gasteiger partial charge < -0.3 is 14.5 Å². The van der Waals surface area contributed by atoms with Crippen molar-refractivity contribution in [2.45, 2.75) is 26.4 Å². The molecule has 140 valence electrons. The smallest absolute Gasteiger partial charge is 0.437 e. The summed E-state index contributed by atoms with van der Waals surface area (Å²) in [6.07, 6.45) is 0. The van der Waals surface area contributed by atoms with Crippen molar-refractivity contribution in [2.24, 2.45) is 0 Å². The maximum atomic E-state index is 12.4. The van der Waals surface area contributed by atoms with Crippen LogP contribution in [-0.4, -0.2) is 22.8 Å². The highest BCUT2D eigenvalue weighted by molar-refractivity contribution is 5.76. The third-order valence-corrected chi connectivity index (χ3v) is 4.15. The van der Waals surface area contributed by atoms with E-state index in [2.05, 4.69) is 10.4 Å². The lowest BCUT2D eigenvalue weighted by atomic mass is 10.0. The summed E-state index contributed by atoms with van der Waals surface area (Å²) < 4.78 is 11.5. The zero-order chi connectivity index (χ0) is 19.4. The van der Waals surface area contributed by atoms with Crippen molar-refractivity contribution in [3.05, 3.63) is 70.2 Å². The van der Waals surface area contributed by atoms with E-state index in [1.807, 2.05) is 50.2 Å². The molecule has 2 aromatic carbocycles. The molecular formula is C20H21N3O4. The number of hydrogen-bond acceptors (Lipinski definition) is 5. The molecule has 3 aromatic rings. The number of methoxy groups -OCH3 is 1. The van der Waals surface area contributed by atoms with Gasteiger partial charge in [0.25, 0.3) is 0 Å². The number of rotatable bonds is 6. The van der Waals surface area contributed by atoms with Crippen LogP contribution in [0.25, 0.3) is 11.5 Å². The number of hydrogen-bond donors (Lipinski definition) is 1. The Bertz CT molecular complexity index is 992. The molecule has 0 aliphatic carbocycles. The Balaban J connectivity index is 1.72. The maximum Gasteiger partial charge on any atom is 0.437 e. The van der Waals surface area contributed by atoms with Gasteiger partial charge in [-0.05, 0) is 32.0 Å². The highest BCUT2D eigenvalue weighted by Gasteiger charge is 2.17. The van der Waals surface area contributed by atoms with Crippen LogP contribution in [0.2, 0.25) is 0 Å². The minimum absolute atomic E-state index is 0.182. The van der Waals surface area contributed by atoms with Gasteiger partial charge in [0.05, 0.1) is 13.2 Å². The van der Waals surface area contributed by atoms with Crippen LogP contribution in [0.3, 0.4) is 0 Å². The molecule has 27 heavy (non-hydrogen) atoms. The molecule has 1 heterocycles. The minimum Gasteiger partial charge on any atom is -0.496 e. The maximum absolute atomic E-state index is 12.4. The zero-order valence-electron chi connectivity index (χ0n) is 15.4. The second-order valence-electron chi connectivity index (χ2n) is 6.23. The molecule has 0 saturated heterocycles. The average molecular weight is 367 g/mol. The largest absolute Gasteiger partial charge is 0.496 e. The number of aryl methyl sites for hydroxylation is 1. The van der Waals surface area contributed by atoms with Gasteiger partial charge in [-0.15, -0.1) is 5.10 Å². The molecular weight excluding hydrogens is 346 g/mol. The molecule has 7 nitrogen and oxygen atoms in total. The topological polar surface area (TPSA) is 86.4 Å². The normalized spacial score (nSPS) is 11.8. The summed E-state index contributed by atoms with van der Waals surface area (Å²) in [5.74, 6) is -0.147. The Labute approximate surface area is 156 Å². The Morgan fingerprint density at radius 2 is 2.00 bits per heavy atom. The molecule has 0 aliphatic rings. The highest BCUT2D eigenvalue weighted by Crippen LogP contribution is 2.26. The van der Waals surface area contributed by atoms with Crippen LogP contribution in [0.1, 0.15) is 24.1 Å². The number of aromatic nitrogens is 2. The number of carbonyl (C=O) groups is 1. The Morgan fingerprint density at radius 3 is 2.70 bits per heavy atom. The molecule has 1 amide bonds. The van der Waals surface area contributed by atoms with Gasteiger partial charge in [-0.25, -0.2) is 4.79 Å². The summed E-state index contributed by atoms with van der Waals surface area (Å²) >= 11 is 0. The predicted molar refractivity (Wildman–Crippen MR) is 100 cm³/mol. The summed E-state index contributed by atoms with van der Waals surface area (Å²) in [7, 11) is 1.59. The van der Waals surface area contributed by atoms with Crippen molar-refractivity contribution < 1.29 is 13.9 Å². The standard InChI is InChI=1S/C20H21N3O4/c1-13-9-10-17(26-3)16(11-13)14(2)21-18(24)12-23-20(25)27-19(22-23)15-7-5-4-6-8-15/h4-11,14H,12H2,1-3H3,(H,21,24)/t14-/m0/s1. The zero-order valence-corrected chi connectivity index (χ0v) is 15.4. The highest BCUT2D eigenvalue weighted by atomic mass is 16.5. The third kappa shape index (κ3) is 4.25. The number of benzene rings is 2. The Morgan fingerprint density at radius 1 is 1.26 bits per heavy atom. The lowest BCUT2D eigenvalue weighted by Gasteiger charge is -2.17. The van der Waals surface area contributed by atoms with Gasteiger partial charge in [-0.1, -0.05) is 35.9 Å². The summed E-state index contributed by atoms with van der Waals surface area (Å²) in [4.78, 5) is 24.4. The van der Waals surface area contributed by atoms with Crippen LogP contribution < -0.4 is 15.8 Å². The fraction of sp³-hybridized carbons (Fsp3) is 0.250. The van der Waals surface area contributed by atoms with Crippen LogP contribution in [0, 0.1) is 6.92 Å². The van der Waals surface area contributed by atoms with Crippen LogP contribution in [-0.2, 0) is 11.3 Å². The molecule has 0 unspecified atom stereocenters. The summed E-state index contributed by atoms with van der Waals surface area (Å²) in [5, 5.41) is 6.96.